The van der Waals surface area contributed by atoms with Crippen LogP contribution in [0.25, 0.3) is 10.2 Å². The molecule has 0 radical (unpaired) electrons. The molecule has 0 unspecified atom stereocenters. The van der Waals surface area contributed by atoms with E-state index in [2.05, 4.69) is 37.8 Å². The van der Waals surface area contributed by atoms with Crippen LogP contribution in [0.15, 0.2) is 36.0 Å². The number of rotatable bonds is 3. The Kier molecular flexibility index (Phi) is 3.93. The molecule has 0 spiro atoms. The highest BCUT2D eigenvalue weighted by Crippen LogP contribution is 2.26. The molecule has 6 nitrogen and oxygen atoms in total. The molecular formula is C17H19N5OS. The van der Waals surface area contributed by atoms with Gasteiger partial charge in [-0.1, -0.05) is 0 Å². The molecule has 1 saturated heterocycles. The van der Waals surface area contributed by atoms with Gasteiger partial charge in [-0.05, 0) is 30.5 Å². The first-order valence-electron chi connectivity index (χ1n) is 8.16. The summed E-state index contributed by atoms with van der Waals surface area (Å²) in [6.45, 7) is 5.80. The van der Waals surface area contributed by atoms with E-state index in [1.807, 2.05) is 17.0 Å². The summed E-state index contributed by atoms with van der Waals surface area (Å²) in [6, 6.07) is 5.93. The minimum absolute atomic E-state index is 0.119. The van der Waals surface area contributed by atoms with E-state index >= 15 is 0 Å². The number of aryl methyl sites for hydroxylation is 1. The summed E-state index contributed by atoms with van der Waals surface area (Å²) >= 11 is 1.68. The third kappa shape index (κ3) is 2.54. The summed E-state index contributed by atoms with van der Waals surface area (Å²) in [5.41, 5.74) is 1.95. The predicted octanol–water partition coefficient (Wildman–Crippen LogP) is 2.48. The van der Waals surface area contributed by atoms with E-state index in [-0.39, 0.29) is 5.91 Å². The van der Waals surface area contributed by atoms with Crippen molar-refractivity contribution < 1.29 is 4.79 Å². The highest BCUT2D eigenvalue weighted by Gasteiger charge is 2.26. The largest absolute Gasteiger partial charge is 0.337 e. The highest BCUT2D eigenvalue weighted by atomic mass is 32.1. The van der Waals surface area contributed by atoms with Crippen LogP contribution < -0.4 is 4.90 Å². The Labute approximate surface area is 144 Å². The third-order valence-corrected chi connectivity index (χ3v) is 5.31. The summed E-state index contributed by atoms with van der Waals surface area (Å²) in [4.78, 5) is 25.6. The van der Waals surface area contributed by atoms with Crippen LogP contribution in [-0.2, 0) is 6.54 Å². The van der Waals surface area contributed by atoms with Crippen molar-refractivity contribution in [1.82, 2.24) is 19.4 Å². The minimum atomic E-state index is 0.119. The number of nitrogens with zero attached hydrogens (tertiary/aromatic N) is 5. The van der Waals surface area contributed by atoms with E-state index in [1.54, 1.807) is 23.7 Å². The predicted molar refractivity (Wildman–Crippen MR) is 95.6 cm³/mol. The van der Waals surface area contributed by atoms with Crippen molar-refractivity contribution in [2.45, 2.75) is 13.5 Å². The van der Waals surface area contributed by atoms with Crippen LogP contribution in [-0.4, -0.2) is 51.5 Å². The van der Waals surface area contributed by atoms with Gasteiger partial charge in [-0.3, -0.25) is 4.79 Å². The van der Waals surface area contributed by atoms with E-state index in [1.165, 1.54) is 4.70 Å². The summed E-state index contributed by atoms with van der Waals surface area (Å²) in [5.74, 6) is 0.857. The van der Waals surface area contributed by atoms with Crippen LogP contribution in [0.1, 0.15) is 17.4 Å². The molecule has 3 aromatic rings. The second-order valence-electron chi connectivity index (χ2n) is 5.77. The lowest BCUT2D eigenvalue weighted by Gasteiger charge is -2.34. The molecule has 0 aromatic carbocycles. The maximum Gasteiger partial charge on any atom is 0.270 e. The van der Waals surface area contributed by atoms with Gasteiger partial charge in [0.1, 0.15) is 5.69 Å². The van der Waals surface area contributed by atoms with Gasteiger partial charge in [-0.25, -0.2) is 9.97 Å². The van der Waals surface area contributed by atoms with Crippen LogP contribution in [0, 0.1) is 0 Å². The van der Waals surface area contributed by atoms with Gasteiger partial charge in [0.15, 0.2) is 0 Å². The molecule has 0 aliphatic carbocycles. The average Bonchev–Trinajstić information content (AvgIpc) is 3.23. The van der Waals surface area contributed by atoms with Crippen molar-refractivity contribution in [3.05, 3.63) is 41.7 Å². The van der Waals surface area contributed by atoms with Gasteiger partial charge in [0.2, 0.25) is 5.95 Å². The molecule has 3 aromatic heterocycles. The molecule has 0 bridgehead atoms. The zero-order chi connectivity index (χ0) is 16.5. The SMILES string of the molecule is CCn1c(C(=O)N2CCN(c3ncccn3)CC2)cc2sccc21. The van der Waals surface area contributed by atoms with E-state index in [4.69, 9.17) is 0 Å². The first-order valence-corrected chi connectivity index (χ1v) is 9.04. The van der Waals surface area contributed by atoms with E-state index in [0.29, 0.717) is 13.1 Å². The number of anilines is 1. The summed E-state index contributed by atoms with van der Waals surface area (Å²) in [7, 11) is 0. The van der Waals surface area contributed by atoms with Crippen molar-refractivity contribution in [1.29, 1.82) is 0 Å². The van der Waals surface area contributed by atoms with Crippen LogP contribution in [0.5, 0.6) is 0 Å². The van der Waals surface area contributed by atoms with Crippen LogP contribution >= 0.6 is 11.3 Å². The number of hydrogen-bond donors (Lipinski definition) is 0. The van der Waals surface area contributed by atoms with Gasteiger partial charge in [0.25, 0.3) is 5.91 Å². The van der Waals surface area contributed by atoms with Crippen molar-refractivity contribution in [2.24, 2.45) is 0 Å². The highest BCUT2D eigenvalue weighted by molar-refractivity contribution is 7.17. The first kappa shape index (κ1) is 15.1. The van der Waals surface area contributed by atoms with Crippen molar-refractivity contribution in [3.63, 3.8) is 0 Å². The average molecular weight is 341 g/mol. The summed E-state index contributed by atoms with van der Waals surface area (Å²) in [5, 5.41) is 2.07. The topological polar surface area (TPSA) is 54.3 Å². The number of fused-ring (bicyclic) bond motifs is 1. The van der Waals surface area contributed by atoms with Gasteiger partial charge in [0, 0.05) is 45.1 Å². The Hall–Kier alpha value is -2.41. The van der Waals surface area contributed by atoms with E-state index in [0.717, 1.165) is 36.8 Å². The Morgan fingerprint density at radius 1 is 1.21 bits per heavy atom. The molecular weight excluding hydrogens is 322 g/mol. The molecule has 1 aliphatic heterocycles. The normalized spacial score (nSPS) is 15.2. The lowest BCUT2D eigenvalue weighted by Crippen LogP contribution is -2.49. The number of carbonyl (C=O) groups excluding carboxylic acids is 1. The molecule has 4 rings (SSSR count). The molecule has 1 amide bonds. The van der Waals surface area contributed by atoms with Crippen molar-refractivity contribution in [2.75, 3.05) is 31.1 Å². The molecule has 1 aliphatic rings. The standard InChI is InChI=1S/C17H19N5OS/c1-2-22-13-4-11-24-15(13)12-14(22)16(23)20-7-9-21(10-8-20)17-18-5-3-6-19-17/h3-6,11-12H,2,7-10H2,1H3. The number of piperazine rings is 1. The number of amides is 1. The molecule has 24 heavy (non-hydrogen) atoms. The zero-order valence-electron chi connectivity index (χ0n) is 13.6. The molecule has 124 valence electrons. The number of thiophene rings is 1. The first-order chi connectivity index (χ1) is 11.8. The lowest BCUT2D eigenvalue weighted by atomic mass is 10.3. The van der Waals surface area contributed by atoms with Gasteiger partial charge in [-0.15, -0.1) is 11.3 Å². The minimum Gasteiger partial charge on any atom is -0.337 e. The molecule has 0 atom stereocenters. The van der Waals surface area contributed by atoms with Gasteiger partial charge in [-0.2, -0.15) is 0 Å². The Morgan fingerprint density at radius 3 is 2.67 bits per heavy atom. The Bertz CT molecular complexity index is 848. The van der Waals surface area contributed by atoms with Crippen LogP contribution in [0.2, 0.25) is 0 Å². The molecule has 7 heteroatoms. The fourth-order valence-corrected chi connectivity index (χ4v) is 4.04. The Morgan fingerprint density at radius 2 is 1.96 bits per heavy atom. The third-order valence-electron chi connectivity index (χ3n) is 4.46. The van der Waals surface area contributed by atoms with Gasteiger partial charge in [0.05, 0.1) is 10.2 Å². The number of carbonyl (C=O) groups is 1. The molecule has 4 heterocycles. The van der Waals surface area contributed by atoms with E-state index in [9.17, 15) is 4.79 Å². The maximum absolute atomic E-state index is 13.0. The second kappa shape index (κ2) is 6.24. The molecule has 0 saturated carbocycles. The number of hydrogen-bond acceptors (Lipinski definition) is 5. The fraction of sp³-hybridized carbons (Fsp3) is 0.353. The molecule has 1 fully saturated rings. The quantitative estimate of drug-likeness (QED) is 0.734. The summed E-state index contributed by atoms with van der Waals surface area (Å²) < 4.78 is 3.29. The van der Waals surface area contributed by atoms with Crippen molar-refractivity contribution >= 4 is 33.4 Å². The van der Waals surface area contributed by atoms with E-state index < -0.39 is 0 Å². The summed E-state index contributed by atoms with van der Waals surface area (Å²) in [6.07, 6.45) is 3.50. The second-order valence-corrected chi connectivity index (χ2v) is 6.72. The van der Waals surface area contributed by atoms with Gasteiger partial charge >= 0.3 is 0 Å². The fourth-order valence-electron chi connectivity index (χ4n) is 3.22. The smallest absolute Gasteiger partial charge is 0.270 e. The van der Waals surface area contributed by atoms with Crippen molar-refractivity contribution in [3.8, 4) is 0 Å². The van der Waals surface area contributed by atoms with Crippen LogP contribution in [0.3, 0.4) is 0 Å². The maximum atomic E-state index is 13.0. The lowest BCUT2D eigenvalue weighted by molar-refractivity contribution is 0.0736. The number of aromatic nitrogens is 3. The Balaban J connectivity index is 1.50. The molecule has 0 N–H and O–H groups in total. The van der Waals surface area contributed by atoms with Crippen LogP contribution in [0.4, 0.5) is 5.95 Å². The monoisotopic (exact) mass is 341 g/mol. The van der Waals surface area contributed by atoms with Gasteiger partial charge < -0.3 is 14.4 Å². The zero-order valence-corrected chi connectivity index (χ0v) is 14.4.